The highest BCUT2D eigenvalue weighted by Gasteiger charge is 2.60. The van der Waals surface area contributed by atoms with Gasteiger partial charge < -0.3 is 64.0 Å². The van der Waals surface area contributed by atoms with E-state index in [1.807, 2.05) is 12.2 Å². The quantitative estimate of drug-likeness (QED) is 0.0181. The van der Waals surface area contributed by atoms with E-state index in [0.717, 1.165) is 0 Å². The van der Waals surface area contributed by atoms with Gasteiger partial charge in [-0.3, -0.25) is 33.2 Å². The molecule has 9 N–H and O–H groups in total. The first-order valence-electron chi connectivity index (χ1n) is 21.1. The number of carbonyl (C=O) groups is 5. The number of aromatic nitrogens is 3. The van der Waals surface area contributed by atoms with Crippen LogP contribution in [0.15, 0.2) is 18.3 Å². The lowest BCUT2D eigenvalue weighted by atomic mass is 9.85. The highest BCUT2D eigenvalue weighted by Crippen LogP contribution is 2.45. The molecule has 3 amide bonds. The highest BCUT2D eigenvalue weighted by molar-refractivity contribution is 7.83. The predicted molar refractivity (Wildman–Crippen MR) is 214 cm³/mol. The number of carbonyl (C=O) groups excluding carboxylic acids is 3. The van der Waals surface area contributed by atoms with E-state index in [1.54, 1.807) is 6.20 Å². The number of aliphatic hydroxyl groups excluding tert-OH is 4. The molecule has 382 valence electrons. The van der Waals surface area contributed by atoms with Crippen LogP contribution in [0.4, 0.5) is 0 Å². The Morgan fingerprint density at radius 2 is 1.50 bits per heavy atom. The summed E-state index contributed by atoms with van der Waals surface area (Å²) in [4.78, 5) is 65.0. The molecule has 2 bridgehead atoms. The molecule has 0 radical (unpaired) electrons. The summed E-state index contributed by atoms with van der Waals surface area (Å²) in [7, 11) is -10.4. The number of ether oxygens (including phenoxy) is 6. The smallest absolute Gasteiger partial charge is 0.397 e. The third-order valence-corrected chi connectivity index (χ3v) is 12.6. The third kappa shape index (κ3) is 13.3. The molecule has 6 rings (SSSR count). The van der Waals surface area contributed by atoms with Gasteiger partial charge in [-0.1, -0.05) is 17.4 Å². The van der Waals surface area contributed by atoms with Crippen molar-refractivity contribution in [2.24, 2.45) is 11.8 Å². The van der Waals surface area contributed by atoms with E-state index < -0.39 is 118 Å². The van der Waals surface area contributed by atoms with E-state index in [4.69, 9.17) is 38.1 Å². The number of nitrogens with zero attached hydrogens (tertiary/aromatic N) is 5. The van der Waals surface area contributed by atoms with Crippen molar-refractivity contribution in [3.05, 3.63) is 24.0 Å². The van der Waals surface area contributed by atoms with E-state index in [2.05, 4.69) is 14.5 Å². The summed E-state index contributed by atoms with van der Waals surface area (Å²) in [5.74, 6) is -4.88. The average Bonchev–Trinajstić information content (AvgIpc) is 4.06. The molecular weight excluding hydrogens is 965 g/mol. The topological polar surface area (TPSA) is 429 Å². The monoisotopic (exact) mass is 1020 g/mol. The van der Waals surface area contributed by atoms with E-state index in [9.17, 15) is 70.9 Å². The molecule has 0 unspecified atom stereocenters. The number of carboxylic acids is 2. The zero-order chi connectivity index (χ0) is 49.7. The van der Waals surface area contributed by atoms with Crippen LogP contribution in [0.1, 0.15) is 37.8 Å². The summed E-state index contributed by atoms with van der Waals surface area (Å²) in [6.07, 6.45) is -13.8. The molecule has 4 fully saturated rings. The second kappa shape index (κ2) is 22.7. The van der Waals surface area contributed by atoms with Crippen LogP contribution in [-0.2, 0) is 90.4 Å². The Hall–Kier alpha value is -4.23. The second-order valence-corrected chi connectivity index (χ2v) is 18.5. The number of fused-ring (bicyclic) bond motifs is 5. The Balaban J connectivity index is 0.943. The fraction of sp³-hybridized carbons (Fsp3) is 0.750. The van der Waals surface area contributed by atoms with Crippen molar-refractivity contribution in [1.29, 1.82) is 0 Å². The number of nitrogens with one attached hydrogen (secondary N) is 1. The number of hydrogen-bond acceptors (Lipinski definition) is 22. The van der Waals surface area contributed by atoms with Crippen molar-refractivity contribution in [3.8, 4) is 0 Å². The van der Waals surface area contributed by atoms with Crippen molar-refractivity contribution >= 4 is 50.4 Å². The number of aliphatic hydroxyl groups is 4. The summed E-state index contributed by atoms with van der Waals surface area (Å²) in [5.41, 5.74) is 0.375. The number of carboxylic acid groups (broad SMARTS) is 2. The zero-order valence-corrected chi connectivity index (χ0v) is 37.3. The molecule has 1 aromatic rings. The molecule has 30 nitrogen and oxygen atoms in total. The number of amides is 3. The molecule has 14 atom stereocenters. The maximum atomic E-state index is 13.0. The van der Waals surface area contributed by atoms with Gasteiger partial charge in [0, 0.05) is 19.5 Å². The van der Waals surface area contributed by atoms with Crippen molar-refractivity contribution in [1.82, 2.24) is 29.5 Å². The van der Waals surface area contributed by atoms with Gasteiger partial charge in [0.15, 0.2) is 18.7 Å². The minimum absolute atomic E-state index is 0.00150. The van der Waals surface area contributed by atoms with Gasteiger partial charge in [0.25, 0.3) is 0 Å². The summed E-state index contributed by atoms with van der Waals surface area (Å²) in [6, 6.07) is -2.16. The number of imide groups is 1. The van der Waals surface area contributed by atoms with Gasteiger partial charge in [-0.25, -0.2) is 13.7 Å². The molecular formula is C36H52N6O24S2. The Labute approximate surface area is 386 Å². The molecule has 0 spiro atoms. The van der Waals surface area contributed by atoms with Gasteiger partial charge in [-0.05, 0) is 19.3 Å². The first-order chi connectivity index (χ1) is 32.0. The number of likely N-dealkylation sites (tertiary alicyclic amines) is 1. The van der Waals surface area contributed by atoms with Crippen molar-refractivity contribution < 1.29 is 113 Å². The molecule has 32 heteroatoms. The van der Waals surface area contributed by atoms with Crippen molar-refractivity contribution in [2.45, 2.75) is 119 Å². The molecule has 5 aliphatic rings. The van der Waals surface area contributed by atoms with E-state index in [0.29, 0.717) is 25.0 Å². The molecule has 0 aliphatic carbocycles. The third-order valence-electron chi connectivity index (χ3n) is 11.6. The van der Waals surface area contributed by atoms with Crippen LogP contribution in [0.3, 0.4) is 0 Å². The molecule has 1 aromatic heterocycles. The Bertz CT molecular complexity index is 2200. The van der Waals surface area contributed by atoms with Crippen LogP contribution in [-0.4, -0.2) is 224 Å². The zero-order valence-electron chi connectivity index (χ0n) is 35.7. The lowest BCUT2D eigenvalue weighted by molar-refractivity contribution is -0.340. The van der Waals surface area contributed by atoms with Crippen molar-refractivity contribution in [3.63, 3.8) is 0 Å². The molecule has 68 heavy (non-hydrogen) atoms. The summed E-state index contributed by atoms with van der Waals surface area (Å²) in [5, 5.41) is 69.8. The Kier molecular flexibility index (Phi) is 17.7. The molecule has 4 saturated heterocycles. The van der Waals surface area contributed by atoms with Crippen LogP contribution in [0.2, 0.25) is 0 Å². The number of hydrogen-bond donors (Lipinski definition) is 9. The maximum Gasteiger partial charge on any atom is 0.397 e. The van der Waals surface area contributed by atoms with Gasteiger partial charge in [0.1, 0.15) is 48.4 Å². The van der Waals surface area contributed by atoms with Gasteiger partial charge in [0.05, 0.1) is 76.2 Å². The molecule has 6 heterocycles. The fourth-order valence-corrected chi connectivity index (χ4v) is 9.21. The van der Waals surface area contributed by atoms with Crippen molar-refractivity contribution in [2.75, 3.05) is 39.5 Å². The maximum absolute atomic E-state index is 13.0. The summed E-state index contributed by atoms with van der Waals surface area (Å²) in [6.45, 7) is -1.14. The predicted octanol–water partition coefficient (Wildman–Crippen LogP) is -5.44. The lowest BCUT2D eigenvalue weighted by Gasteiger charge is -2.46. The fourth-order valence-electron chi connectivity index (χ4n) is 8.31. The highest BCUT2D eigenvalue weighted by atomic mass is 32.3. The Morgan fingerprint density at radius 3 is 2.13 bits per heavy atom. The van der Waals surface area contributed by atoms with E-state index in [1.165, 1.54) is 19.2 Å². The van der Waals surface area contributed by atoms with Crippen LogP contribution in [0.5, 0.6) is 0 Å². The van der Waals surface area contributed by atoms with Crippen LogP contribution < -0.4 is 4.72 Å². The van der Waals surface area contributed by atoms with E-state index in [-0.39, 0.29) is 82.9 Å². The van der Waals surface area contributed by atoms with Gasteiger partial charge in [-0.2, -0.15) is 21.6 Å². The lowest BCUT2D eigenvalue weighted by Crippen LogP contribution is -2.68. The minimum atomic E-state index is -5.22. The molecule has 0 saturated carbocycles. The van der Waals surface area contributed by atoms with E-state index >= 15 is 0 Å². The first-order valence-corrected chi connectivity index (χ1v) is 23.9. The molecule has 5 aliphatic heterocycles. The van der Waals surface area contributed by atoms with Crippen LogP contribution in [0.25, 0.3) is 0 Å². The number of unbranched alkanes of at least 4 members (excludes halogenated alkanes) is 2. The van der Waals surface area contributed by atoms with Crippen LogP contribution in [0, 0.1) is 11.8 Å². The minimum Gasteiger partial charge on any atom is -0.481 e. The first kappa shape index (κ1) is 53.1. The van der Waals surface area contributed by atoms with Gasteiger partial charge in [0.2, 0.25) is 17.7 Å². The summed E-state index contributed by atoms with van der Waals surface area (Å²) >= 11 is 0. The largest absolute Gasteiger partial charge is 0.481 e. The normalized spacial score (nSPS) is 32.5. The van der Waals surface area contributed by atoms with Gasteiger partial charge >= 0.3 is 32.6 Å². The Morgan fingerprint density at radius 1 is 0.809 bits per heavy atom. The van der Waals surface area contributed by atoms with Crippen LogP contribution >= 0.6 is 0 Å². The SMILES string of the molecule is O=C(O)CCC(=O)N(CCCCCN1C(=O)[C@@H]2[C@H](C1=O)[C@H]1C=C[C@@H]2O1)Cc1cn(CCOCCO[C@@H]2O[C@H](C(=O)O)[C@@H](O[C@H]3O[C@H](COS(=O)(=O)O)[C@@H](O)[C@H](O)[C@H]3NS(=O)(=O)O)[C@H](O)[C@H]2O)nn1. The second-order valence-electron chi connectivity index (χ2n) is 16.3. The standard InChI is InChI=1S/C36H52N6O24S2/c43-21(6-7-22(44)45)40(8-2-1-3-9-42-32(50)23-18-4-5-19(63-18)24(23)33(42)51)14-17-15-41(39-37-17)10-11-60-12-13-61-36-29(49)28(48)30(31(66-36)34(52)53)65-35-25(38-67(54,55)56)27(47)26(46)20(64-35)16-62-68(57,58)59/h4-5,15,18-20,23-31,35-36,38,46-49H,1-3,6-14,16H2,(H,44,45)(H,52,53)(H,54,55,56)(H,57,58,59)/t18-,19+,20-,23-,24+,25-,26-,27-,28-,29-,30+,31+,35-,36-/m1/s1. The molecule has 0 aromatic carbocycles. The van der Waals surface area contributed by atoms with Gasteiger partial charge in [-0.15, -0.1) is 5.10 Å². The average molecular weight is 1020 g/mol. The number of rotatable bonds is 26. The summed E-state index contributed by atoms with van der Waals surface area (Å²) < 4.78 is 103. The number of aliphatic carboxylic acids is 2.